The van der Waals surface area contributed by atoms with Crippen LogP contribution < -0.4 is 5.32 Å². The summed E-state index contributed by atoms with van der Waals surface area (Å²) in [4.78, 5) is 39.3. The Morgan fingerprint density at radius 2 is 1.73 bits per heavy atom. The number of nitrogens with one attached hydrogen (secondary N) is 1. The van der Waals surface area contributed by atoms with Crippen molar-refractivity contribution >= 4 is 34.8 Å². The highest BCUT2D eigenvalue weighted by Crippen LogP contribution is 2.36. The van der Waals surface area contributed by atoms with Crippen LogP contribution in [0, 0.1) is 0 Å². The zero-order chi connectivity index (χ0) is 23.8. The molecule has 2 aliphatic heterocycles. The van der Waals surface area contributed by atoms with Gasteiger partial charge in [-0.1, -0.05) is 42.1 Å². The molecule has 33 heavy (non-hydrogen) atoms. The number of ether oxygens (including phenoxy) is 5. The first-order valence-corrected chi connectivity index (χ1v) is 11.4. The van der Waals surface area contributed by atoms with E-state index in [1.54, 1.807) is 0 Å². The van der Waals surface area contributed by atoms with Crippen molar-refractivity contribution in [1.29, 1.82) is 0 Å². The van der Waals surface area contributed by atoms with E-state index < -0.39 is 47.7 Å². The van der Waals surface area contributed by atoms with Crippen molar-refractivity contribution in [3.05, 3.63) is 35.9 Å². The van der Waals surface area contributed by atoms with E-state index in [1.807, 2.05) is 30.3 Å². The second kappa shape index (κ2) is 12.0. The summed E-state index contributed by atoms with van der Waals surface area (Å²) in [5.41, 5.74) is 0.600. The predicted octanol–water partition coefficient (Wildman–Crippen LogP) is 1.42. The predicted molar refractivity (Wildman–Crippen MR) is 119 cm³/mol. The molecule has 0 saturated carbocycles. The van der Waals surface area contributed by atoms with E-state index in [0.29, 0.717) is 24.9 Å². The third-order valence-electron chi connectivity index (χ3n) is 4.82. The Morgan fingerprint density at radius 1 is 1.03 bits per heavy atom. The smallest absolute Gasteiger partial charge is 0.303 e. The average molecular weight is 481 g/mol. The fourth-order valence-corrected chi connectivity index (χ4v) is 4.66. The lowest BCUT2D eigenvalue weighted by Gasteiger charge is -2.41. The lowest BCUT2D eigenvalue weighted by molar-refractivity contribution is -0.209. The molecule has 2 aliphatic rings. The van der Waals surface area contributed by atoms with E-state index in [-0.39, 0.29) is 6.61 Å². The maximum absolute atomic E-state index is 11.8. The molecule has 1 aromatic rings. The molecule has 2 saturated heterocycles. The number of nitrogens with zero attached hydrogens (tertiary/aromatic N) is 1. The summed E-state index contributed by atoms with van der Waals surface area (Å²) >= 11 is 1.33. The Labute approximate surface area is 196 Å². The van der Waals surface area contributed by atoms with Crippen LogP contribution in [0.1, 0.15) is 26.3 Å². The van der Waals surface area contributed by atoms with Crippen LogP contribution in [0.4, 0.5) is 0 Å². The van der Waals surface area contributed by atoms with Gasteiger partial charge in [0.15, 0.2) is 17.4 Å². The molecule has 3 rings (SSSR count). The summed E-state index contributed by atoms with van der Waals surface area (Å²) in [6, 6.07) is 9.34. The van der Waals surface area contributed by atoms with Gasteiger partial charge in [0.1, 0.15) is 24.2 Å². The average Bonchev–Trinajstić information content (AvgIpc) is 3.16. The fraction of sp³-hybridized carbons (Fsp3) is 0.545. The van der Waals surface area contributed by atoms with Gasteiger partial charge in [0.05, 0.1) is 19.8 Å². The highest BCUT2D eigenvalue weighted by molar-refractivity contribution is 8.14. The molecular weight excluding hydrogens is 452 g/mol. The molecule has 2 fully saturated rings. The summed E-state index contributed by atoms with van der Waals surface area (Å²) in [5.74, 6) is -1.60. The zero-order valence-corrected chi connectivity index (χ0v) is 19.5. The number of thioether (sulfide) groups is 1. The summed E-state index contributed by atoms with van der Waals surface area (Å²) < 4.78 is 27.7. The number of carbonyl (C=O) groups is 3. The fourth-order valence-electron chi connectivity index (χ4n) is 3.50. The van der Waals surface area contributed by atoms with E-state index in [4.69, 9.17) is 23.7 Å². The highest BCUT2D eigenvalue weighted by Gasteiger charge is 2.53. The SMILES string of the molecule is CC(=O)OCC1OC2SC(=NCCOCc3ccccc3)NC2C(OC(C)=O)C1OC(C)=O. The summed E-state index contributed by atoms with van der Waals surface area (Å²) in [6.45, 7) is 4.99. The van der Waals surface area contributed by atoms with Crippen LogP contribution in [0.25, 0.3) is 0 Å². The summed E-state index contributed by atoms with van der Waals surface area (Å²) in [6.07, 6.45) is -2.60. The number of fused-ring (bicyclic) bond motifs is 1. The molecule has 5 atom stereocenters. The molecule has 0 amide bonds. The second-order valence-corrected chi connectivity index (χ2v) is 8.59. The van der Waals surface area contributed by atoms with Crippen molar-refractivity contribution in [2.75, 3.05) is 19.8 Å². The third kappa shape index (κ3) is 7.44. The molecule has 11 heteroatoms. The molecule has 0 aliphatic carbocycles. The van der Waals surface area contributed by atoms with Gasteiger partial charge in [0.25, 0.3) is 0 Å². The number of amidine groups is 1. The summed E-state index contributed by atoms with van der Waals surface area (Å²) in [5, 5.41) is 3.80. The molecule has 180 valence electrons. The van der Waals surface area contributed by atoms with Gasteiger partial charge in [-0.05, 0) is 5.56 Å². The second-order valence-electron chi connectivity index (χ2n) is 7.51. The van der Waals surface area contributed by atoms with Gasteiger partial charge in [-0.25, -0.2) is 0 Å². The maximum atomic E-state index is 11.8. The summed E-state index contributed by atoms with van der Waals surface area (Å²) in [7, 11) is 0. The van der Waals surface area contributed by atoms with E-state index in [2.05, 4.69) is 10.3 Å². The number of hydrogen-bond acceptors (Lipinski definition) is 10. The first-order chi connectivity index (χ1) is 15.8. The molecular formula is C22H28N2O8S. The van der Waals surface area contributed by atoms with Crippen LogP contribution in [-0.2, 0) is 44.7 Å². The van der Waals surface area contributed by atoms with Crippen LogP contribution in [0.15, 0.2) is 35.3 Å². The highest BCUT2D eigenvalue weighted by atomic mass is 32.2. The Kier molecular flexibility index (Phi) is 9.10. The minimum Gasteiger partial charge on any atom is -0.463 e. The minimum atomic E-state index is -0.950. The van der Waals surface area contributed by atoms with Crippen molar-refractivity contribution in [1.82, 2.24) is 5.32 Å². The van der Waals surface area contributed by atoms with Crippen LogP contribution in [0.2, 0.25) is 0 Å². The van der Waals surface area contributed by atoms with Gasteiger partial charge in [0, 0.05) is 20.8 Å². The molecule has 5 unspecified atom stereocenters. The van der Waals surface area contributed by atoms with Crippen molar-refractivity contribution in [3.63, 3.8) is 0 Å². The van der Waals surface area contributed by atoms with Gasteiger partial charge in [-0.3, -0.25) is 19.4 Å². The van der Waals surface area contributed by atoms with Crippen molar-refractivity contribution in [3.8, 4) is 0 Å². The molecule has 1 N–H and O–H groups in total. The van der Waals surface area contributed by atoms with Gasteiger partial charge in [-0.2, -0.15) is 0 Å². The standard InChI is InChI=1S/C22H28N2O8S/c1-13(25)29-12-17-19(30-14(2)26)20(31-15(3)27)18-21(32-17)33-22(24-18)23-9-10-28-11-16-7-5-4-6-8-16/h4-8,17-21H,9-12H2,1-3H3,(H,23,24). The molecule has 0 radical (unpaired) electrons. The topological polar surface area (TPSA) is 122 Å². The third-order valence-corrected chi connectivity index (χ3v) is 5.93. The number of benzene rings is 1. The van der Waals surface area contributed by atoms with Crippen molar-refractivity contribution in [2.24, 2.45) is 4.99 Å². The lowest BCUT2D eigenvalue weighted by atomic mass is 9.97. The molecule has 0 bridgehead atoms. The van der Waals surface area contributed by atoms with E-state index in [1.165, 1.54) is 32.5 Å². The number of hydrogen-bond donors (Lipinski definition) is 1. The number of carbonyl (C=O) groups excluding carboxylic acids is 3. The minimum absolute atomic E-state index is 0.144. The quantitative estimate of drug-likeness (QED) is 0.315. The number of esters is 3. The van der Waals surface area contributed by atoms with E-state index in [0.717, 1.165) is 5.56 Å². The molecule has 10 nitrogen and oxygen atoms in total. The van der Waals surface area contributed by atoms with Crippen molar-refractivity contribution in [2.45, 2.75) is 57.2 Å². The monoisotopic (exact) mass is 480 g/mol. The molecule has 2 heterocycles. The molecule has 0 spiro atoms. The first kappa shape index (κ1) is 25.0. The Hall–Kier alpha value is -2.63. The zero-order valence-electron chi connectivity index (χ0n) is 18.7. The van der Waals surface area contributed by atoms with Gasteiger partial charge in [0.2, 0.25) is 0 Å². The van der Waals surface area contributed by atoms with E-state index >= 15 is 0 Å². The van der Waals surface area contributed by atoms with E-state index in [9.17, 15) is 14.4 Å². The Morgan fingerprint density at radius 3 is 2.39 bits per heavy atom. The Balaban J connectivity index is 1.64. The lowest BCUT2D eigenvalue weighted by Crippen LogP contribution is -2.62. The van der Waals surface area contributed by atoms with Crippen LogP contribution >= 0.6 is 11.8 Å². The van der Waals surface area contributed by atoms with Crippen LogP contribution in [0.3, 0.4) is 0 Å². The van der Waals surface area contributed by atoms with Gasteiger partial charge in [-0.15, -0.1) is 0 Å². The van der Waals surface area contributed by atoms with Crippen LogP contribution in [0.5, 0.6) is 0 Å². The first-order valence-electron chi connectivity index (χ1n) is 10.6. The van der Waals surface area contributed by atoms with Gasteiger partial charge >= 0.3 is 17.9 Å². The number of aliphatic imine (C=N–C) groups is 1. The largest absolute Gasteiger partial charge is 0.463 e. The molecule has 1 aromatic carbocycles. The molecule has 0 aromatic heterocycles. The normalized spacial score (nSPS) is 27.4. The number of rotatable bonds is 9. The maximum Gasteiger partial charge on any atom is 0.303 e. The van der Waals surface area contributed by atoms with Crippen LogP contribution in [-0.4, -0.2) is 72.6 Å². The Bertz CT molecular complexity index is 865. The van der Waals surface area contributed by atoms with Crippen molar-refractivity contribution < 1.29 is 38.1 Å². The van der Waals surface area contributed by atoms with Gasteiger partial charge < -0.3 is 29.0 Å².